The number of carbonyl (C=O) groups excluding carboxylic acids is 1. The average molecular weight is 556 g/mol. The number of hydrogen-bond donors (Lipinski definition) is 1. The maximum Gasteiger partial charge on any atom is 0.277 e. The quantitative estimate of drug-likeness (QED) is 0.294. The van der Waals surface area contributed by atoms with Gasteiger partial charge >= 0.3 is 0 Å². The molecule has 2 aromatic carbocycles. The first-order chi connectivity index (χ1) is 19.5. The lowest BCUT2D eigenvalue weighted by Gasteiger charge is -2.59. The Kier molecular flexibility index (Phi) is 6.49. The van der Waals surface area contributed by atoms with Crippen molar-refractivity contribution in [2.75, 3.05) is 5.75 Å². The predicted octanol–water partition coefficient (Wildman–Crippen LogP) is 5.31. The number of nitrogens with zero attached hydrogens (tertiary/aromatic N) is 4. The molecule has 4 fully saturated rings. The lowest BCUT2D eigenvalue weighted by atomic mass is 9.48. The lowest BCUT2D eigenvalue weighted by molar-refractivity contribution is -0.123. The van der Waals surface area contributed by atoms with Crippen LogP contribution in [-0.2, 0) is 11.3 Å². The molecule has 4 aromatic rings. The first-order valence-electron chi connectivity index (χ1n) is 14.3. The van der Waals surface area contributed by atoms with Crippen molar-refractivity contribution in [2.45, 2.75) is 63.3 Å². The third-order valence-electron chi connectivity index (χ3n) is 9.36. The van der Waals surface area contributed by atoms with Gasteiger partial charge in [-0.15, -0.1) is 10.2 Å². The monoisotopic (exact) mass is 555 g/mol. The van der Waals surface area contributed by atoms with Gasteiger partial charge in [-0.25, -0.2) is 4.68 Å². The summed E-state index contributed by atoms with van der Waals surface area (Å²) in [6, 6.07) is 17.2. The van der Waals surface area contributed by atoms with Crippen LogP contribution in [0.5, 0.6) is 0 Å². The molecule has 8 nitrogen and oxygen atoms in total. The largest absolute Gasteiger partial charge is 0.409 e. The van der Waals surface area contributed by atoms with Gasteiger partial charge in [-0.2, -0.15) is 5.10 Å². The van der Waals surface area contributed by atoms with Crippen LogP contribution in [0.25, 0.3) is 22.4 Å². The molecule has 0 aliphatic heterocycles. The second kappa shape index (κ2) is 10.2. The Morgan fingerprint density at radius 3 is 2.35 bits per heavy atom. The summed E-state index contributed by atoms with van der Waals surface area (Å²) in [5.74, 6) is 2.98. The maximum atomic E-state index is 13.2. The standard InChI is InChI=1S/C31H33N5O3S/c1-19(31-14-21-11-22(15-31)13-23(12-21)16-31)32-26(37)18-40-30-34-33-28(39-30)27-24-9-5-6-10-25(24)29(38)36(35-27)17-20-7-3-2-4-8-20/h2-10,19,21-23H,11-18H2,1H3,(H,32,37). The van der Waals surface area contributed by atoms with E-state index < -0.39 is 0 Å². The SMILES string of the molecule is CC(NC(=O)CSc1nnc(-c2nn(Cc3ccccc3)c(=O)c3ccccc23)o1)C12CC3CC(CC(C3)C1)C2. The minimum atomic E-state index is -0.179. The van der Waals surface area contributed by atoms with Gasteiger partial charge in [0, 0.05) is 11.4 Å². The summed E-state index contributed by atoms with van der Waals surface area (Å²) >= 11 is 1.23. The summed E-state index contributed by atoms with van der Waals surface area (Å²) in [5, 5.41) is 17.8. The van der Waals surface area contributed by atoms with Gasteiger partial charge in [0.25, 0.3) is 16.7 Å². The first-order valence-corrected chi connectivity index (χ1v) is 15.2. The number of rotatable bonds is 8. The Morgan fingerprint density at radius 1 is 1.00 bits per heavy atom. The molecule has 8 rings (SSSR count). The van der Waals surface area contributed by atoms with Crippen molar-refractivity contribution in [1.82, 2.24) is 25.3 Å². The van der Waals surface area contributed by atoms with Crippen molar-refractivity contribution in [1.29, 1.82) is 0 Å². The van der Waals surface area contributed by atoms with Crippen LogP contribution in [-0.4, -0.2) is 37.7 Å². The molecule has 4 aliphatic rings. The van der Waals surface area contributed by atoms with Gasteiger partial charge in [-0.05, 0) is 80.2 Å². The Labute approximate surface area is 236 Å². The number of fused-ring (bicyclic) bond motifs is 1. The molecule has 2 aromatic heterocycles. The van der Waals surface area contributed by atoms with E-state index >= 15 is 0 Å². The number of aromatic nitrogens is 4. The minimum absolute atomic E-state index is 0.00650. The highest BCUT2D eigenvalue weighted by Gasteiger charge is 2.53. The number of carbonyl (C=O) groups is 1. The van der Waals surface area contributed by atoms with Crippen LogP contribution in [0.15, 0.2) is 69.0 Å². The fourth-order valence-electron chi connectivity index (χ4n) is 7.89. The molecule has 4 saturated carbocycles. The van der Waals surface area contributed by atoms with Gasteiger partial charge < -0.3 is 9.73 Å². The van der Waals surface area contributed by atoms with E-state index in [0.29, 0.717) is 28.2 Å². The first kappa shape index (κ1) is 25.5. The van der Waals surface area contributed by atoms with Crippen LogP contribution in [0.3, 0.4) is 0 Å². The molecule has 4 aliphatic carbocycles. The molecule has 4 bridgehead atoms. The molecule has 40 heavy (non-hydrogen) atoms. The molecule has 0 spiro atoms. The van der Waals surface area contributed by atoms with Crippen molar-refractivity contribution in [3.05, 3.63) is 70.5 Å². The minimum Gasteiger partial charge on any atom is -0.409 e. The van der Waals surface area contributed by atoms with E-state index in [1.807, 2.05) is 48.5 Å². The van der Waals surface area contributed by atoms with E-state index in [-0.39, 0.29) is 34.6 Å². The second-order valence-electron chi connectivity index (χ2n) is 12.1. The number of thioether (sulfide) groups is 1. The van der Waals surface area contributed by atoms with Gasteiger partial charge in [-0.3, -0.25) is 9.59 Å². The van der Waals surface area contributed by atoms with Crippen LogP contribution in [0.2, 0.25) is 0 Å². The highest BCUT2D eigenvalue weighted by molar-refractivity contribution is 7.99. The molecule has 1 unspecified atom stereocenters. The Bertz CT molecular complexity index is 1580. The van der Waals surface area contributed by atoms with Gasteiger partial charge in [0.05, 0.1) is 17.7 Å². The Morgan fingerprint density at radius 2 is 1.65 bits per heavy atom. The van der Waals surface area contributed by atoms with Crippen molar-refractivity contribution in [2.24, 2.45) is 23.2 Å². The van der Waals surface area contributed by atoms with Crippen LogP contribution in [0.1, 0.15) is 51.0 Å². The summed E-state index contributed by atoms with van der Waals surface area (Å²) in [6.45, 7) is 2.52. The molecule has 2 heterocycles. The third-order valence-corrected chi connectivity index (χ3v) is 10.2. The molecule has 206 valence electrons. The number of hydrogen-bond acceptors (Lipinski definition) is 7. The van der Waals surface area contributed by atoms with Crippen molar-refractivity contribution >= 4 is 28.4 Å². The molecular formula is C31H33N5O3S. The van der Waals surface area contributed by atoms with Crippen LogP contribution in [0, 0.1) is 23.2 Å². The molecule has 9 heteroatoms. The van der Waals surface area contributed by atoms with Crippen molar-refractivity contribution in [3.8, 4) is 11.6 Å². The molecule has 0 radical (unpaired) electrons. The Hall–Kier alpha value is -3.46. The zero-order valence-electron chi connectivity index (χ0n) is 22.6. The number of benzene rings is 2. The van der Waals surface area contributed by atoms with Crippen LogP contribution in [0.4, 0.5) is 0 Å². The van der Waals surface area contributed by atoms with E-state index in [9.17, 15) is 9.59 Å². The summed E-state index contributed by atoms with van der Waals surface area (Å²) < 4.78 is 7.40. The lowest BCUT2D eigenvalue weighted by Crippen LogP contribution is -2.56. The molecule has 1 atom stereocenters. The summed E-state index contributed by atoms with van der Waals surface area (Å²) in [6.07, 6.45) is 7.95. The summed E-state index contributed by atoms with van der Waals surface area (Å²) in [4.78, 5) is 26.1. The number of amides is 1. The van der Waals surface area contributed by atoms with Crippen molar-refractivity contribution < 1.29 is 9.21 Å². The Balaban J connectivity index is 1.06. The van der Waals surface area contributed by atoms with Crippen LogP contribution >= 0.6 is 11.8 Å². The summed E-state index contributed by atoms with van der Waals surface area (Å²) in [5.41, 5.74) is 1.50. The zero-order valence-corrected chi connectivity index (χ0v) is 23.4. The van der Waals surface area contributed by atoms with Gasteiger partial charge in [0.15, 0.2) is 5.69 Å². The number of nitrogens with one attached hydrogen (secondary N) is 1. The fourth-order valence-corrected chi connectivity index (χ4v) is 8.47. The van der Waals surface area contributed by atoms with E-state index in [2.05, 4.69) is 27.5 Å². The molecular weight excluding hydrogens is 522 g/mol. The van der Waals surface area contributed by atoms with E-state index in [1.54, 1.807) is 6.07 Å². The highest BCUT2D eigenvalue weighted by Crippen LogP contribution is 2.61. The van der Waals surface area contributed by atoms with E-state index in [1.165, 1.54) is 55.0 Å². The van der Waals surface area contributed by atoms with Crippen LogP contribution < -0.4 is 10.9 Å². The molecule has 1 N–H and O–H groups in total. The topological polar surface area (TPSA) is 103 Å². The van der Waals surface area contributed by atoms with Gasteiger partial charge in [-0.1, -0.05) is 60.3 Å². The fraction of sp³-hybridized carbons (Fsp3) is 0.452. The average Bonchev–Trinajstić information content (AvgIpc) is 3.42. The van der Waals surface area contributed by atoms with E-state index in [4.69, 9.17) is 4.42 Å². The molecule has 0 saturated heterocycles. The van der Waals surface area contributed by atoms with Gasteiger partial charge in [0.2, 0.25) is 5.91 Å². The second-order valence-corrected chi connectivity index (χ2v) is 13.0. The predicted molar refractivity (Wildman–Crippen MR) is 154 cm³/mol. The normalized spacial score (nSPS) is 25.8. The highest BCUT2D eigenvalue weighted by atomic mass is 32.2. The van der Waals surface area contributed by atoms with E-state index in [0.717, 1.165) is 23.3 Å². The summed E-state index contributed by atoms with van der Waals surface area (Å²) in [7, 11) is 0. The third kappa shape index (κ3) is 4.74. The van der Waals surface area contributed by atoms with Gasteiger partial charge in [0.1, 0.15) is 0 Å². The zero-order chi connectivity index (χ0) is 27.3. The maximum absolute atomic E-state index is 13.2. The van der Waals surface area contributed by atoms with Crippen molar-refractivity contribution in [3.63, 3.8) is 0 Å². The molecule has 1 amide bonds. The smallest absolute Gasteiger partial charge is 0.277 e.